The second-order valence-electron chi connectivity index (χ2n) is 4.79. The summed E-state index contributed by atoms with van der Waals surface area (Å²) in [6.07, 6.45) is 2.17. The van der Waals surface area contributed by atoms with Crippen LogP contribution in [0.15, 0.2) is 30.3 Å². The van der Waals surface area contributed by atoms with Crippen molar-refractivity contribution in [1.82, 2.24) is 0 Å². The number of Topliss-reactive ketones (excluding diaryl/α,β-unsaturated/α-hetero) is 1. The Balaban J connectivity index is 1.99. The van der Waals surface area contributed by atoms with E-state index in [0.717, 1.165) is 12.8 Å². The lowest BCUT2D eigenvalue weighted by Crippen LogP contribution is -2.07. The standard InChI is InChI=1S/C13H14O/c1-9-7-13(8-11(13)12(9)14)10-5-3-2-4-6-10/h2-6,9,11H,7-8H2,1H3. The highest BCUT2D eigenvalue weighted by Gasteiger charge is 2.64. The van der Waals surface area contributed by atoms with Crippen LogP contribution in [-0.2, 0) is 10.2 Å². The van der Waals surface area contributed by atoms with E-state index in [1.54, 1.807) is 0 Å². The second kappa shape index (κ2) is 2.47. The maximum Gasteiger partial charge on any atom is 0.139 e. The van der Waals surface area contributed by atoms with E-state index >= 15 is 0 Å². The molecule has 2 saturated carbocycles. The average Bonchev–Trinajstić information content (AvgIpc) is 2.88. The number of ketones is 1. The van der Waals surface area contributed by atoms with Crippen molar-refractivity contribution in [3.63, 3.8) is 0 Å². The number of carbonyl (C=O) groups is 1. The molecule has 0 aliphatic heterocycles. The van der Waals surface area contributed by atoms with Gasteiger partial charge in [-0.25, -0.2) is 0 Å². The molecule has 2 aliphatic rings. The number of carbonyl (C=O) groups excluding carboxylic acids is 1. The van der Waals surface area contributed by atoms with E-state index in [-0.39, 0.29) is 11.3 Å². The van der Waals surface area contributed by atoms with Crippen LogP contribution in [0.5, 0.6) is 0 Å². The summed E-state index contributed by atoms with van der Waals surface area (Å²) in [7, 11) is 0. The van der Waals surface area contributed by atoms with E-state index in [1.807, 2.05) is 6.07 Å². The Hall–Kier alpha value is -1.11. The number of fused-ring (bicyclic) bond motifs is 1. The average molecular weight is 186 g/mol. The van der Waals surface area contributed by atoms with Gasteiger partial charge in [0.05, 0.1) is 0 Å². The van der Waals surface area contributed by atoms with Crippen LogP contribution in [0.2, 0.25) is 0 Å². The third-order valence-corrected chi connectivity index (χ3v) is 3.92. The Morgan fingerprint density at radius 1 is 1.21 bits per heavy atom. The zero-order valence-corrected chi connectivity index (χ0v) is 8.36. The van der Waals surface area contributed by atoms with Gasteiger partial charge in [0.1, 0.15) is 5.78 Å². The van der Waals surface area contributed by atoms with E-state index in [9.17, 15) is 4.79 Å². The molecule has 0 radical (unpaired) electrons. The minimum absolute atomic E-state index is 0.248. The van der Waals surface area contributed by atoms with E-state index in [4.69, 9.17) is 0 Å². The highest BCUT2D eigenvalue weighted by atomic mass is 16.1. The molecule has 3 rings (SSSR count). The molecule has 1 nitrogen and oxygen atoms in total. The summed E-state index contributed by atoms with van der Waals surface area (Å²) in [6, 6.07) is 10.5. The maximum atomic E-state index is 11.7. The third-order valence-electron chi connectivity index (χ3n) is 3.92. The van der Waals surface area contributed by atoms with E-state index in [0.29, 0.717) is 11.7 Å². The minimum Gasteiger partial charge on any atom is -0.299 e. The van der Waals surface area contributed by atoms with Crippen LogP contribution in [0.1, 0.15) is 25.3 Å². The molecule has 1 aromatic rings. The Morgan fingerprint density at radius 2 is 1.93 bits per heavy atom. The fourth-order valence-electron chi connectivity index (χ4n) is 3.10. The van der Waals surface area contributed by atoms with E-state index in [2.05, 4.69) is 31.2 Å². The molecule has 3 unspecified atom stereocenters. The fraction of sp³-hybridized carbons (Fsp3) is 0.462. The van der Waals surface area contributed by atoms with Gasteiger partial charge in [-0.05, 0) is 18.4 Å². The monoisotopic (exact) mass is 186 g/mol. The predicted octanol–water partition coefficient (Wildman–Crippen LogP) is 2.55. The van der Waals surface area contributed by atoms with Crippen molar-refractivity contribution < 1.29 is 4.79 Å². The van der Waals surface area contributed by atoms with Crippen LogP contribution >= 0.6 is 0 Å². The van der Waals surface area contributed by atoms with Crippen molar-refractivity contribution in [2.75, 3.05) is 0 Å². The molecule has 1 aromatic carbocycles. The van der Waals surface area contributed by atoms with Gasteiger partial charge in [-0.1, -0.05) is 37.3 Å². The summed E-state index contributed by atoms with van der Waals surface area (Å²) in [4.78, 5) is 11.7. The molecule has 0 amide bonds. The van der Waals surface area contributed by atoms with Crippen LogP contribution < -0.4 is 0 Å². The first-order valence-corrected chi connectivity index (χ1v) is 5.33. The molecule has 0 aromatic heterocycles. The largest absolute Gasteiger partial charge is 0.299 e. The van der Waals surface area contributed by atoms with E-state index in [1.165, 1.54) is 5.56 Å². The zero-order valence-electron chi connectivity index (χ0n) is 8.36. The first-order chi connectivity index (χ1) is 6.74. The molecule has 2 aliphatic carbocycles. The third kappa shape index (κ3) is 0.875. The van der Waals surface area contributed by atoms with Crippen molar-refractivity contribution in [3.8, 4) is 0 Å². The molecular formula is C13H14O. The van der Waals surface area contributed by atoms with Gasteiger partial charge in [-0.2, -0.15) is 0 Å². The number of benzene rings is 1. The predicted molar refractivity (Wildman–Crippen MR) is 55.0 cm³/mol. The van der Waals surface area contributed by atoms with Gasteiger partial charge in [-0.3, -0.25) is 4.79 Å². The molecular weight excluding hydrogens is 172 g/mol. The van der Waals surface area contributed by atoms with E-state index < -0.39 is 0 Å². The van der Waals surface area contributed by atoms with Gasteiger partial charge >= 0.3 is 0 Å². The summed E-state index contributed by atoms with van der Waals surface area (Å²) in [5, 5.41) is 0. The lowest BCUT2D eigenvalue weighted by molar-refractivity contribution is -0.122. The van der Waals surface area contributed by atoms with Crippen molar-refractivity contribution in [1.29, 1.82) is 0 Å². The molecule has 0 spiro atoms. The van der Waals surface area contributed by atoms with Gasteiger partial charge in [0.15, 0.2) is 0 Å². The van der Waals surface area contributed by atoms with Gasteiger partial charge < -0.3 is 0 Å². The Kier molecular flexibility index (Phi) is 1.45. The molecule has 72 valence electrons. The van der Waals surface area contributed by atoms with Crippen molar-refractivity contribution in [3.05, 3.63) is 35.9 Å². The quantitative estimate of drug-likeness (QED) is 0.658. The molecule has 1 heteroatoms. The maximum absolute atomic E-state index is 11.7. The molecule has 14 heavy (non-hydrogen) atoms. The molecule has 2 fully saturated rings. The molecule has 0 saturated heterocycles. The number of rotatable bonds is 1. The first-order valence-electron chi connectivity index (χ1n) is 5.33. The zero-order chi connectivity index (χ0) is 9.76. The Bertz CT molecular complexity index is 381. The van der Waals surface area contributed by atoms with Crippen molar-refractivity contribution >= 4 is 5.78 Å². The lowest BCUT2D eigenvalue weighted by atomic mass is 9.91. The summed E-state index contributed by atoms with van der Waals surface area (Å²) in [5.41, 5.74) is 1.63. The Labute approximate surface area is 84.1 Å². The highest BCUT2D eigenvalue weighted by Crippen LogP contribution is 2.64. The number of hydrogen-bond acceptors (Lipinski definition) is 1. The fourth-order valence-corrected chi connectivity index (χ4v) is 3.10. The first kappa shape index (κ1) is 8.22. The van der Waals surface area contributed by atoms with Gasteiger partial charge in [0, 0.05) is 17.3 Å². The summed E-state index contributed by atoms with van der Waals surface area (Å²) in [5.74, 6) is 1.13. The minimum atomic E-state index is 0.248. The number of hydrogen-bond donors (Lipinski definition) is 0. The van der Waals surface area contributed by atoms with Crippen LogP contribution in [0, 0.1) is 11.8 Å². The normalized spacial score (nSPS) is 39.6. The molecule has 0 N–H and O–H groups in total. The summed E-state index contributed by atoms with van der Waals surface area (Å²) >= 11 is 0. The SMILES string of the molecule is CC1CC2(c3ccccc3)CC2C1=O. The summed E-state index contributed by atoms with van der Waals surface area (Å²) in [6.45, 7) is 2.07. The summed E-state index contributed by atoms with van der Waals surface area (Å²) < 4.78 is 0. The smallest absolute Gasteiger partial charge is 0.139 e. The van der Waals surface area contributed by atoms with Gasteiger partial charge in [-0.15, -0.1) is 0 Å². The van der Waals surface area contributed by atoms with Gasteiger partial charge in [0.25, 0.3) is 0 Å². The second-order valence-corrected chi connectivity index (χ2v) is 4.79. The van der Waals surface area contributed by atoms with Crippen LogP contribution in [-0.4, -0.2) is 5.78 Å². The highest BCUT2D eigenvalue weighted by molar-refractivity contribution is 5.91. The topological polar surface area (TPSA) is 17.1 Å². The molecule has 3 atom stereocenters. The van der Waals surface area contributed by atoms with Crippen molar-refractivity contribution in [2.45, 2.75) is 25.2 Å². The van der Waals surface area contributed by atoms with Crippen LogP contribution in [0.3, 0.4) is 0 Å². The Morgan fingerprint density at radius 3 is 2.50 bits per heavy atom. The molecule has 0 bridgehead atoms. The van der Waals surface area contributed by atoms with Crippen LogP contribution in [0.4, 0.5) is 0 Å². The lowest BCUT2D eigenvalue weighted by Gasteiger charge is -2.12. The molecule has 0 heterocycles. The van der Waals surface area contributed by atoms with Crippen LogP contribution in [0.25, 0.3) is 0 Å². The van der Waals surface area contributed by atoms with Gasteiger partial charge in [0.2, 0.25) is 0 Å². The van der Waals surface area contributed by atoms with Crippen molar-refractivity contribution in [2.24, 2.45) is 11.8 Å².